The van der Waals surface area contributed by atoms with E-state index in [1.165, 1.54) is 47.4 Å². The quantitative estimate of drug-likeness (QED) is 0.560. The summed E-state index contributed by atoms with van der Waals surface area (Å²) in [7, 11) is 0. The van der Waals surface area contributed by atoms with E-state index >= 15 is 0 Å². The number of hydrogen-bond acceptors (Lipinski definition) is 6. The summed E-state index contributed by atoms with van der Waals surface area (Å²) in [5, 5.41) is 16.8. The van der Waals surface area contributed by atoms with Crippen molar-refractivity contribution in [3.8, 4) is 0 Å². The highest BCUT2D eigenvalue weighted by Crippen LogP contribution is 2.13. The van der Waals surface area contributed by atoms with Gasteiger partial charge in [-0.25, -0.2) is 0 Å². The number of carbonyl (C=O) groups excluding carboxylic acids is 1. The normalized spacial score (nSPS) is 10.4. The number of non-ortho nitro benzene ring substituents is 1. The van der Waals surface area contributed by atoms with Crippen LogP contribution >= 0.6 is 0 Å². The number of nitro benzene ring substituents is 1. The van der Waals surface area contributed by atoms with Gasteiger partial charge in [0.2, 0.25) is 0 Å². The van der Waals surface area contributed by atoms with Gasteiger partial charge in [0.05, 0.1) is 17.0 Å². The Morgan fingerprint density at radius 3 is 2.60 bits per heavy atom. The number of pyridine rings is 1. The number of aromatic nitrogens is 2. The predicted octanol–water partition coefficient (Wildman–Crippen LogP) is 2.05. The molecule has 0 fully saturated rings. The molecule has 126 valence electrons. The lowest BCUT2D eigenvalue weighted by Crippen LogP contribution is -2.22. The van der Waals surface area contributed by atoms with E-state index in [2.05, 4.69) is 15.0 Å². The molecule has 9 heteroatoms. The van der Waals surface area contributed by atoms with Crippen molar-refractivity contribution in [2.24, 2.45) is 0 Å². The van der Waals surface area contributed by atoms with Crippen molar-refractivity contribution in [2.75, 3.05) is 5.32 Å². The average molecular weight is 340 g/mol. The van der Waals surface area contributed by atoms with Crippen LogP contribution in [-0.4, -0.2) is 20.6 Å². The van der Waals surface area contributed by atoms with Gasteiger partial charge in [-0.3, -0.25) is 19.7 Å². The first-order valence-electron chi connectivity index (χ1n) is 7.18. The van der Waals surface area contributed by atoms with E-state index in [4.69, 9.17) is 0 Å². The van der Waals surface area contributed by atoms with E-state index in [1.54, 1.807) is 12.1 Å². The van der Waals surface area contributed by atoms with Gasteiger partial charge in [0, 0.05) is 30.5 Å². The molecule has 0 aliphatic rings. The molecule has 1 aromatic carbocycles. The number of nitrogens with one attached hydrogen (secondary N) is 1. The number of rotatable bonds is 5. The maximum Gasteiger partial charge on any atom is 0.269 e. The minimum Gasteiger partial charge on any atom is -0.363 e. The van der Waals surface area contributed by atoms with E-state index in [0.29, 0.717) is 5.56 Å². The van der Waals surface area contributed by atoms with Crippen LogP contribution in [0.15, 0.2) is 64.2 Å². The summed E-state index contributed by atoms with van der Waals surface area (Å²) in [6, 6.07) is 10.0. The number of nitrogens with zero attached hydrogens (tertiary/aromatic N) is 3. The van der Waals surface area contributed by atoms with Gasteiger partial charge >= 0.3 is 0 Å². The van der Waals surface area contributed by atoms with E-state index in [9.17, 15) is 19.7 Å². The predicted molar refractivity (Wildman–Crippen MR) is 87.4 cm³/mol. The molecule has 0 bridgehead atoms. The van der Waals surface area contributed by atoms with Gasteiger partial charge in [-0.05, 0) is 11.6 Å². The lowest BCUT2D eigenvalue weighted by Gasteiger charge is -2.08. The van der Waals surface area contributed by atoms with Crippen LogP contribution in [0.5, 0.6) is 0 Å². The number of nitro groups is 1. The largest absolute Gasteiger partial charge is 0.363 e. The summed E-state index contributed by atoms with van der Waals surface area (Å²) in [6.07, 6.45) is 2.74. The molecule has 25 heavy (non-hydrogen) atoms. The fraction of sp³-hybridized carbons (Fsp3) is 0.0625. The SMILES string of the molecule is O=C(Nc1ccon1)c1ccc(=O)n(Cc2ccc([N+](=O)[O-])cc2)c1. The number of anilines is 1. The maximum absolute atomic E-state index is 12.2. The van der Waals surface area contributed by atoms with Crippen LogP contribution in [0, 0.1) is 10.1 Å². The Labute approximate surface area is 140 Å². The van der Waals surface area contributed by atoms with Crippen molar-refractivity contribution in [2.45, 2.75) is 6.54 Å². The van der Waals surface area contributed by atoms with Crippen LogP contribution in [-0.2, 0) is 6.54 Å². The second-order valence-corrected chi connectivity index (χ2v) is 5.15. The summed E-state index contributed by atoms with van der Waals surface area (Å²) in [4.78, 5) is 34.3. The first kappa shape index (κ1) is 16.1. The summed E-state index contributed by atoms with van der Waals surface area (Å²) in [6.45, 7) is 0.182. The third kappa shape index (κ3) is 3.78. The lowest BCUT2D eigenvalue weighted by atomic mass is 10.2. The van der Waals surface area contributed by atoms with Crippen LogP contribution in [0.4, 0.5) is 11.5 Å². The molecule has 0 aliphatic heterocycles. The fourth-order valence-electron chi connectivity index (χ4n) is 2.17. The molecule has 1 amide bonds. The van der Waals surface area contributed by atoms with Crippen molar-refractivity contribution >= 4 is 17.4 Å². The standard InChI is InChI=1S/C16H12N4O5/c21-15-6-3-12(16(22)17-14-7-8-25-18-14)10-19(15)9-11-1-4-13(5-2-11)20(23)24/h1-8,10H,9H2,(H,17,18,22). The molecule has 0 aliphatic carbocycles. The Morgan fingerprint density at radius 1 is 1.20 bits per heavy atom. The van der Waals surface area contributed by atoms with Gasteiger partial charge in [0.15, 0.2) is 5.82 Å². The van der Waals surface area contributed by atoms with Gasteiger partial charge < -0.3 is 14.4 Å². The number of hydrogen-bond donors (Lipinski definition) is 1. The Morgan fingerprint density at radius 2 is 1.96 bits per heavy atom. The monoisotopic (exact) mass is 340 g/mol. The highest BCUT2D eigenvalue weighted by Gasteiger charge is 2.10. The smallest absolute Gasteiger partial charge is 0.269 e. The Balaban J connectivity index is 1.80. The summed E-state index contributed by atoms with van der Waals surface area (Å²) >= 11 is 0. The molecule has 0 saturated heterocycles. The minimum absolute atomic E-state index is 0.0307. The Hall–Kier alpha value is -3.75. The van der Waals surface area contributed by atoms with Crippen LogP contribution in [0.2, 0.25) is 0 Å². The number of amides is 1. The second-order valence-electron chi connectivity index (χ2n) is 5.15. The topological polar surface area (TPSA) is 120 Å². The Kier molecular flexibility index (Phi) is 4.38. The van der Waals surface area contributed by atoms with Gasteiger partial charge in [0.1, 0.15) is 6.26 Å². The molecule has 0 saturated carbocycles. The van der Waals surface area contributed by atoms with Crippen molar-refractivity contribution in [1.82, 2.24) is 9.72 Å². The van der Waals surface area contributed by atoms with Crippen LogP contribution in [0.25, 0.3) is 0 Å². The van der Waals surface area contributed by atoms with Crippen molar-refractivity contribution in [3.05, 3.63) is 86.5 Å². The summed E-state index contributed by atoms with van der Waals surface area (Å²) in [5.74, 6) is -0.176. The van der Waals surface area contributed by atoms with Crippen molar-refractivity contribution in [1.29, 1.82) is 0 Å². The van der Waals surface area contributed by atoms with Gasteiger partial charge in [-0.15, -0.1) is 0 Å². The van der Waals surface area contributed by atoms with Crippen LogP contribution in [0.3, 0.4) is 0 Å². The third-order valence-corrected chi connectivity index (χ3v) is 3.43. The molecule has 2 aromatic heterocycles. The molecule has 0 spiro atoms. The molecular weight excluding hydrogens is 328 g/mol. The highest BCUT2D eigenvalue weighted by molar-refractivity contribution is 6.03. The van der Waals surface area contributed by atoms with E-state index in [0.717, 1.165) is 0 Å². The van der Waals surface area contributed by atoms with Crippen LogP contribution in [0.1, 0.15) is 15.9 Å². The zero-order chi connectivity index (χ0) is 17.8. The van der Waals surface area contributed by atoms with Crippen LogP contribution < -0.4 is 10.9 Å². The first-order valence-corrected chi connectivity index (χ1v) is 7.18. The minimum atomic E-state index is -0.495. The van der Waals surface area contributed by atoms with E-state index < -0.39 is 10.8 Å². The van der Waals surface area contributed by atoms with Gasteiger partial charge in [-0.1, -0.05) is 17.3 Å². The average Bonchev–Trinajstić information content (AvgIpc) is 3.10. The van der Waals surface area contributed by atoms with Gasteiger partial charge in [0.25, 0.3) is 17.2 Å². The van der Waals surface area contributed by atoms with E-state index in [-0.39, 0.29) is 29.2 Å². The molecule has 1 N–H and O–H groups in total. The molecule has 3 rings (SSSR count). The highest BCUT2D eigenvalue weighted by atomic mass is 16.6. The summed E-state index contributed by atoms with van der Waals surface area (Å²) in [5.41, 5.74) is 0.638. The van der Waals surface area contributed by atoms with Crippen molar-refractivity contribution < 1.29 is 14.2 Å². The van der Waals surface area contributed by atoms with Gasteiger partial charge in [-0.2, -0.15) is 0 Å². The number of benzene rings is 1. The Bertz CT molecular complexity index is 961. The number of carbonyl (C=O) groups is 1. The molecule has 0 unspecified atom stereocenters. The maximum atomic E-state index is 12.2. The fourth-order valence-corrected chi connectivity index (χ4v) is 2.17. The molecule has 3 aromatic rings. The lowest BCUT2D eigenvalue weighted by molar-refractivity contribution is -0.384. The molecule has 2 heterocycles. The zero-order valence-electron chi connectivity index (χ0n) is 12.8. The van der Waals surface area contributed by atoms with Crippen molar-refractivity contribution in [3.63, 3.8) is 0 Å². The second kappa shape index (κ2) is 6.79. The molecule has 0 radical (unpaired) electrons. The molecular formula is C16H12N4O5. The molecule has 0 atom stereocenters. The van der Waals surface area contributed by atoms with E-state index in [1.807, 2.05) is 0 Å². The summed E-state index contributed by atoms with van der Waals surface area (Å²) < 4.78 is 5.98. The zero-order valence-corrected chi connectivity index (χ0v) is 12.8. The first-order chi connectivity index (χ1) is 12.0. The molecule has 9 nitrogen and oxygen atoms in total. The third-order valence-electron chi connectivity index (χ3n) is 3.43.